The number of hydrogen-bond donors (Lipinski definition) is 2. The summed E-state index contributed by atoms with van der Waals surface area (Å²) in [5, 5.41) is 17.8. The van der Waals surface area contributed by atoms with Crippen LogP contribution in [0.1, 0.15) is 5.69 Å². The van der Waals surface area contributed by atoms with Gasteiger partial charge in [-0.15, -0.1) is 10.2 Å². The molecule has 1 aromatic rings. The normalized spacial score (nSPS) is 13.6. The van der Waals surface area contributed by atoms with Gasteiger partial charge in [0.25, 0.3) is 0 Å². The fraction of sp³-hybridized carbons (Fsp3) is 0.571. The van der Waals surface area contributed by atoms with Gasteiger partial charge in [0, 0.05) is 0 Å². The summed E-state index contributed by atoms with van der Waals surface area (Å²) in [6.07, 6.45) is -7.16. The monoisotopic (exact) mass is 256 g/mol. The van der Waals surface area contributed by atoms with Gasteiger partial charge in [-0.3, -0.25) is 0 Å². The summed E-state index contributed by atoms with van der Waals surface area (Å²) in [6, 6.07) is 0. The highest BCUT2D eigenvalue weighted by Crippen LogP contribution is 2.20. The zero-order valence-corrected chi connectivity index (χ0v) is 8.84. The fourth-order valence-electron chi connectivity index (χ4n) is 0.770. The first-order valence-electron chi connectivity index (χ1n) is 4.16. The Morgan fingerprint density at radius 3 is 2.56 bits per heavy atom. The van der Waals surface area contributed by atoms with Crippen LogP contribution in [-0.2, 0) is 0 Å². The van der Waals surface area contributed by atoms with Crippen molar-refractivity contribution in [3.8, 4) is 0 Å². The number of rotatable bonds is 3. The number of alkyl halides is 3. The number of hydrogen-bond acceptors (Lipinski definition) is 5. The van der Waals surface area contributed by atoms with E-state index in [9.17, 15) is 13.2 Å². The van der Waals surface area contributed by atoms with Crippen molar-refractivity contribution in [3.05, 3.63) is 10.8 Å². The number of nitrogens with zero attached hydrogens (tertiary/aromatic N) is 3. The zero-order chi connectivity index (χ0) is 12.3. The molecule has 1 heterocycles. The molecule has 1 rings (SSSR count). The van der Waals surface area contributed by atoms with Crippen LogP contribution < -0.4 is 5.32 Å². The van der Waals surface area contributed by atoms with Gasteiger partial charge in [-0.1, -0.05) is 11.6 Å². The SMILES string of the molecule is Cc1nc(NC[C@H](O)C(F)(F)F)nnc1Cl. The minimum absolute atomic E-state index is 0.0712. The van der Waals surface area contributed by atoms with Crippen molar-refractivity contribution in [1.29, 1.82) is 0 Å². The van der Waals surface area contributed by atoms with Crippen molar-refractivity contribution in [2.45, 2.75) is 19.2 Å². The van der Waals surface area contributed by atoms with E-state index in [2.05, 4.69) is 20.5 Å². The molecule has 90 valence electrons. The number of aliphatic hydroxyl groups excluding tert-OH is 1. The third kappa shape index (κ3) is 3.46. The summed E-state index contributed by atoms with van der Waals surface area (Å²) in [5.41, 5.74) is 0.334. The highest BCUT2D eigenvalue weighted by atomic mass is 35.5. The highest BCUT2D eigenvalue weighted by molar-refractivity contribution is 6.29. The van der Waals surface area contributed by atoms with Crippen molar-refractivity contribution in [2.75, 3.05) is 11.9 Å². The van der Waals surface area contributed by atoms with Gasteiger partial charge in [0.2, 0.25) is 5.95 Å². The number of aryl methyl sites for hydroxylation is 1. The molecule has 0 saturated heterocycles. The Morgan fingerprint density at radius 2 is 2.06 bits per heavy atom. The number of anilines is 1. The van der Waals surface area contributed by atoms with E-state index in [1.807, 2.05) is 0 Å². The highest BCUT2D eigenvalue weighted by Gasteiger charge is 2.37. The number of aliphatic hydroxyl groups is 1. The molecule has 5 nitrogen and oxygen atoms in total. The molecule has 0 aliphatic carbocycles. The van der Waals surface area contributed by atoms with E-state index in [1.165, 1.54) is 6.92 Å². The molecule has 16 heavy (non-hydrogen) atoms. The molecule has 9 heteroatoms. The van der Waals surface area contributed by atoms with Crippen molar-refractivity contribution >= 4 is 17.5 Å². The lowest BCUT2D eigenvalue weighted by Gasteiger charge is -2.14. The first kappa shape index (κ1) is 12.9. The van der Waals surface area contributed by atoms with E-state index in [1.54, 1.807) is 0 Å². The summed E-state index contributed by atoms with van der Waals surface area (Å²) in [5.74, 6) is -0.120. The topological polar surface area (TPSA) is 70.9 Å². The van der Waals surface area contributed by atoms with Gasteiger partial charge in [-0.05, 0) is 6.92 Å². The molecule has 0 unspecified atom stereocenters. The Hall–Kier alpha value is -1.15. The average Bonchev–Trinajstić information content (AvgIpc) is 2.18. The molecule has 0 fully saturated rings. The van der Waals surface area contributed by atoms with Gasteiger partial charge < -0.3 is 10.4 Å². The smallest absolute Gasteiger partial charge is 0.382 e. The van der Waals surface area contributed by atoms with Gasteiger partial charge in [-0.2, -0.15) is 13.2 Å². The third-order valence-electron chi connectivity index (χ3n) is 1.64. The summed E-state index contributed by atoms with van der Waals surface area (Å²) >= 11 is 5.52. The Bertz CT molecular complexity index is 373. The van der Waals surface area contributed by atoms with Crippen LogP contribution >= 0.6 is 11.6 Å². The maximum atomic E-state index is 11.9. The molecule has 0 amide bonds. The molecule has 0 saturated carbocycles. The van der Waals surface area contributed by atoms with E-state index in [0.29, 0.717) is 5.69 Å². The molecule has 2 N–H and O–H groups in total. The minimum atomic E-state index is -4.68. The molecule has 1 aromatic heterocycles. The predicted octanol–water partition coefficient (Wildman–Crippen LogP) is 1.17. The summed E-state index contributed by atoms with van der Waals surface area (Å²) in [6.45, 7) is 0.786. The number of nitrogens with one attached hydrogen (secondary N) is 1. The minimum Gasteiger partial charge on any atom is -0.382 e. The molecular weight excluding hydrogens is 249 g/mol. The van der Waals surface area contributed by atoms with Crippen LogP contribution in [0.15, 0.2) is 0 Å². The van der Waals surface area contributed by atoms with Crippen molar-refractivity contribution in [3.63, 3.8) is 0 Å². The van der Waals surface area contributed by atoms with Crippen LogP contribution in [0.2, 0.25) is 5.15 Å². The van der Waals surface area contributed by atoms with Crippen LogP contribution in [0.5, 0.6) is 0 Å². The van der Waals surface area contributed by atoms with Crippen LogP contribution in [0.3, 0.4) is 0 Å². The van der Waals surface area contributed by atoms with Gasteiger partial charge in [-0.25, -0.2) is 4.98 Å². The third-order valence-corrected chi connectivity index (χ3v) is 1.99. The van der Waals surface area contributed by atoms with Gasteiger partial charge >= 0.3 is 6.18 Å². The second kappa shape index (κ2) is 4.79. The standard InChI is InChI=1S/C7H8ClF3N4O/c1-3-5(8)14-15-6(13-3)12-2-4(16)7(9,10)11/h4,16H,2H2,1H3,(H,12,13,15)/t4-/m0/s1. The Morgan fingerprint density at radius 1 is 1.44 bits per heavy atom. The predicted molar refractivity (Wildman–Crippen MR) is 50.1 cm³/mol. The van der Waals surface area contributed by atoms with E-state index in [-0.39, 0.29) is 11.1 Å². The van der Waals surface area contributed by atoms with Crippen LogP contribution in [0, 0.1) is 6.92 Å². The fourth-order valence-corrected chi connectivity index (χ4v) is 0.850. The van der Waals surface area contributed by atoms with Crippen molar-refractivity contribution in [1.82, 2.24) is 15.2 Å². The first-order chi connectivity index (χ1) is 7.30. The summed E-state index contributed by atoms with van der Waals surface area (Å²) < 4.78 is 35.8. The maximum Gasteiger partial charge on any atom is 0.416 e. The quantitative estimate of drug-likeness (QED) is 0.849. The lowest BCUT2D eigenvalue weighted by atomic mass is 10.3. The molecule has 0 radical (unpaired) electrons. The molecule has 1 atom stereocenters. The maximum absolute atomic E-state index is 11.9. The van der Waals surface area contributed by atoms with Gasteiger partial charge in [0.15, 0.2) is 11.3 Å². The van der Waals surface area contributed by atoms with E-state index in [0.717, 1.165) is 0 Å². The van der Waals surface area contributed by atoms with Gasteiger partial charge in [0.05, 0.1) is 12.2 Å². The Kier molecular flexibility index (Phi) is 3.87. The molecule has 0 aromatic carbocycles. The van der Waals surface area contributed by atoms with Crippen LogP contribution in [-0.4, -0.2) is 39.1 Å². The number of aromatic nitrogens is 3. The molecule has 0 bridgehead atoms. The lowest BCUT2D eigenvalue weighted by molar-refractivity contribution is -0.198. The average molecular weight is 257 g/mol. The van der Waals surface area contributed by atoms with Gasteiger partial charge in [0.1, 0.15) is 0 Å². The van der Waals surface area contributed by atoms with E-state index < -0.39 is 18.8 Å². The van der Waals surface area contributed by atoms with E-state index >= 15 is 0 Å². The Labute approximate surface area is 93.7 Å². The van der Waals surface area contributed by atoms with Crippen molar-refractivity contribution < 1.29 is 18.3 Å². The molecular formula is C7H8ClF3N4O. The van der Waals surface area contributed by atoms with Crippen LogP contribution in [0.4, 0.5) is 19.1 Å². The molecule has 0 aliphatic heterocycles. The first-order valence-corrected chi connectivity index (χ1v) is 4.54. The summed E-state index contributed by atoms with van der Waals surface area (Å²) in [4.78, 5) is 3.73. The second-order valence-electron chi connectivity index (χ2n) is 2.95. The lowest BCUT2D eigenvalue weighted by Crippen LogP contribution is -2.35. The van der Waals surface area contributed by atoms with Crippen molar-refractivity contribution in [2.24, 2.45) is 0 Å². The molecule has 0 aliphatic rings. The molecule has 0 spiro atoms. The zero-order valence-electron chi connectivity index (χ0n) is 8.09. The van der Waals surface area contributed by atoms with Crippen LogP contribution in [0.25, 0.3) is 0 Å². The summed E-state index contributed by atoms with van der Waals surface area (Å²) in [7, 11) is 0. The second-order valence-corrected chi connectivity index (χ2v) is 3.31. The Balaban J connectivity index is 2.58. The van der Waals surface area contributed by atoms with E-state index in [4.69, 9.17) is 16.7 Å². The number of halogens is 4. The largest absolute Gasteiger partial charge is 0.416 e.